The Morgan fingerprint density at radius 2 is 1.97 bits per heavy atom. The number of benzene rings is 2. The van der Waals surface area contributed by atoms with Gasteiger partial charge in [0.2, 0.25) is 0 Å². The summed E-state index contributed by atoms with van der Waals surface area (Å²) in [6.45, 7) is 0.138. The lowest BCUT2D eigenvalue weighted by Crippen LogP contribution is -2.33. The molecule has 29 heavy (non-hydrogen) atoms. The second kappa shape index (κ2) is 7.14. The third kappa shape index (κ3) is 3.27. The van der Waals surface area contributed by atoms with E-state index in [1.807, 2.05) is 6.07 Å². The number of anilines is 1. The van der Waals surface area contributed by atoms with E-state index in [4.69, 9.17) is 11.6 Å². The van der Waals surface area contributed by atoms with E-state index in [-0.39, 0.29) is 23.8 Å². The molecule has 0 radical (unpaired) electrons. The van der Waals surface area contributed by atoms with Crippen LogP contribution in [0.5, 0.6) is 0 Å². The highest BCUT2D eigenvalue weighted by Crippen LogP contribution is 2.35. The molecular weight excluding hydrogens is 394 g/mol. The van der Waals surface area contributed by atoms with Crippen molar-refractivity contribution in [3.05, 3.63) is 80.6 Å². The van der Waals surface area contributed by atoms with Gasteiger partial charge >= 0.3 is 0 Å². The maximum Gasteiger partial charge on any atom is 0.284 e. The summed E-state index contributed by atoms with van der Waals surface area (Å²) in [6.07, 6.45) is 1.63. The van der Waals surface area contributed by atoms with Crippen molar-refractivity contribution in [1.29, 1.82) is 0 Å². The monoisotopic (exact) mass is 409 g/mol. The van der Waals surface area contributed by atoms with E-state index in [9.17, 15) is 14.9 Å². The van der Waals surface area contributed by atoms with Crippen LogP contribution in [0.2, 0.25) is 5.02 Å². The minimum atomic E-state index is -0.479. The predicted molar refractivity (Wildman–Crippen MR) is 112 cm³/mol. The molecule has 0 saturated carbocycles. The van der Waals surface area contributed by atoms with Crippen LogP contribution in [-0.4, -0.2) is 47.9 Å². The second-order valence-corrected chi connectivity index (χ2v) is 7.16. The summed E-state index contributed by atoms with van der Waals surface area (Å²) in [5.41, 5.74) is 2.24. The summed E-state index contributed by atoms with van der Waals surface area (Å²) < 4.78 is 0. The number of amides is 1. The van der Waals surface area contributed by atoms with E-state index in [1.165, 1.54) is 17.0 Å². The van der Waals surface area contributed by atoms with E-state index in [2.05, 4.69) is 9.98 Å². The molecule has 0 spiro atoms. The Morgan fingerprint density at radius 1 is 1.21 bits per heavy atom. The van der Waals surface area contributed by atoms with E-state index < -0.39 is 4.92 Å². The van der Waals surface area contributed by atoms with Crippen LogP contribution in [0.3, 0.4) is 0 Å². The van der Waals surface area contributed by atoms with Crippen molar-refractivity contribution >= 4 is 40.4 Å². The third-order valence-corrected chi connectivity index (χ3v) is 4.83. The number of halogens is 1. The van der Waals surface area contributed by atoms with E-state index in [1.54, 1.807) is 49.5 Å². The lowest BCUT2D eigenvalue weighted by Gasteiger charge is -2.19. The lowest BCUT2D eigenvalue weighted by atomic mass is 9.99. The molecule has 2 aliphatic rings. The number of nitro benzene ring substituents is 1. The van der Waals surface area contributed by atoms with Crippen LogP contribution in [0, 0.1) is 10.1 Å². The molecule has 2 aromatic carbocycles. The molecule has 4 rings (SSSR count). The Labute approximate surface area is 171 Å². The van der Waals surface area contributed by atoms with Gasteiger partial charge in [0.25, 0.3) is 11.6 Å². The number of carbonyl (C=O) groups is 1. The third-order valence-electron chi connectivity index (χ3n) is 4.50. The van der Waals surface area contributed by atoms with Gasteiger partial charge in [0.1, 0.15) is 11.5 Å². The van der Waals surface area contributed by atoms with Gasteiger partial charge in [-0.1, -0.05) is 29.8 Å². The van der Waals surface area contributed by atoms with Gasteiger partial charge in [-0.05, 0) is 12.1 Å². The molecule has 0 aromatic heterocycles. The van der Waals surface area contributed by atoms with Crippen LogP contribution in [0.15, 0.2) is 64.3 Å². The molecule has 2 aliphatic heterocycles. The van der Waals surface area contributed by atoms with Crippen molar-refractivity contribution in [2.75, 3.05) is 25.5 Å². The zero-order valence-corrected chi connectivity index (χ0v) is 16.4. The van der Waals surface area contributed by atoms with E-state index >= 15 is 0 Å². The van der Waals surface area contributed by atoms with Gasteiger partial charge < -0.3 is 4.90 Å². The number of carbonyl (C=O) groups excluding carboxylic acids is 1. The Bertz CT molecular complexity index is 1140. The smallest absolute Gasteiger partial charge is 0.284 e. The molecule has 0 bridgehead atoms. The second-order valence-electron chi connectivity index (χ2n) is 6.75. The molecule has 2 aromatic rings. The number of amidine groups is 1. The first-order chi connectivity index (χ1) is 13.9. The fourth-order valence-electron chi connectivity index (χ4n) is 3.29. The molecule has 0 fully saturated rings. The maximum absolute atomic E-state index is 13.0. The molecule has 1 amide bonds. The van der Waals surface area contributed by atoms with Gasteiger partial charge in [0.15, 0.2) is 0 Å². The van der Waals surface area contributed by atoms with Crippen LogP contribution in [-0.2, 0) is 4.79 Å². The summed E-state index contributed by atoms with van der Waals surface area (Å²) in [6, 6.07) is 11.5. The first-order valence-electron chi connectivity index (χ1n) is 8.75. The average Bonchev–Trinajstić information content (AvgIpc) is 2.88. The van der Waals surface area contributed by atoms with Crippen LogP contribution < -0.4 is 4.90 Å². The SMILES string of the molecule is CN(C)C=C1N=C2CN=C(c3ccccc3Cl)c3cc([N+](=O)[O-])ccc3N2C1=O. The van der Waals surface area contributed by atoms with Gasteiger partial charge in [-0.3, -0.25) is 24.8 Å². The Morgan fingerprint density at radius 3 is 2.66 bits per heavy atom. The number of non-ortho nitro benzene ring substituents is 1. The van der Waals surface area contributed by atoms with Crippen molar-refractivity contribution in [3.63, 3.8) is 0 Å². The number of fused-ring (bicyclic) bond motifs is 3. The highest BCUT2D eigenvalue weighted by Gasteiger charge is 2.36. The molecule has 0 unspecified atom stereocenters. The van der Waals surface area contributed by atoms with Crippen LogP contribution >= 0.6 is 11.6 Å². The summed E-state index contributed by atoms with van der Waals surface area (Å²) in [5, 5.41) is 11.8. The van der Waals surface area contributed by atoms with Gasteiger partial charge in [0.05, 0.1) is 22.9 Å². The number of hydrogen-bond acceptors (Lipinski definition) is 6. The van der Waals surface area contributed by atoms with E-state index in [0.717, 1.165) is 0 Å². The number of nitro groups is 1. The van der Waals surface area contributed by atoms with Crippen molar-refractivity contribution in [1.82, 2.24) is 4.90 Å². The van der Waals surface area contributed by atoms with Gasteiger partial charge in [-0.15, -0.1) is 0 Å². The molecular formula is C20H16ClN5O3. The Kier molecular flexibility index (Phi) is 4.63. The number of nitrogens with zero attached hydrogens (tertiary/aromatic N) is 5. The minimum absolute atomic E-state index is 0.0976. The molecule has 0 atom stereocenters. The van der Waals surface area contributed by atoms with Crippen molar-refractivity contribution in [2.24, 2.45) is 9.98 Å². The van der Waals surface area contributed by atoms with Crippen LogP contribution in [0.1, 0.15) is 11.1 Å². The summed E-state index contributed by atoms with van der Waals surface area (Å²) in [7, 11) is 3.60. The number of rotatable bonds is 3. The lowest BCUT2D eigenvalue weighted by molar-refractivity contribution is -0.384. The van der Waals surface area contributed by atoms with Crippen molar-refractivity contribution in [2.45, 2.75) is 0 Å². The molecule has 0 aliphatic carbocycles. The maximum atomic E-state index is 13.0. The minimum Gasteiger partial charge on any atom is -0.382 e. The molecule has 9 heteroatoms. The topological polar surface area (TPSA) is 91.4 Å². The van der Waals surface area contributed by atoms with Gasteiger partial charge in [-0.25, -0.2) is 4.99 Å². The predicted octanol–water partition coefficient (Wildman–Crippen LogP) is 3.25. The first-order valence-corrected chi connectivity index (χ1v) is 9.13. The largest absolute Gasteiger partial charge is 0.382 e. The van der Waals surface area contributed by atoms with Crippen molar-refractivity contribution < 1.29 is 9.72 Å². The first kappa shape index (κ1) is 18.8. The zero-order valence-electron chi connectivity index (χ0n) is 15.7. The van der Waals surface area contributed by atoms with E-state index in [0.29, 0.717) is 33.4 Å². The highest BCUT2D eigenvalue weighted by atomic mass is 35.5. The summed E-state index contributed by atoms with van der Waals surface area (Å²) in [4.78, 5) is 36.2. The van der Waals surface area contributed by atoms with Crippen molar-refractivity contribution in [3.8, 4) is 0 Å². The quantitative estimate of drug-likeness (QED) is 0.442. The zero-order chi connectivity index (χ0) is 20.7. The molecule has 2 heterocycles. The normalized spacial score (nSPS) is 16.7. The number of hydrogen-bond donors (Lipinski definition) is 0. The molecule has 8 nitrogen and oxygen atoms in total. The van der Waals surface area contributed by atoms with Gasteiger partial charge in [0, 0.05) is 48.6 Å². The average molecular weight is 410 g/mol. The number of aliphatic imine (C=N–C) groups is 2. The standard InChI is InChI=1S/C20H16ClN5O3/c1-24(2)11-16-20(27)25-17-8-7-12(26(28)29)9-14(17)19(22-10-18(25)23-16)13-5-3-4-6-15(13)21/h3-9,11H,10H2,1-2H3. The summed E-state index contributed by atoms with van der Waals surface area (Å²) in [5.74, 6) is 0.152. The molecule has 0 saturated heterocycles. The fraction of sp³-hybridized carbons (Fsp3) is 0.150. The Hall–Kier alpha value is -3.52. The molecule has 0 N–H and O–H groups in total. The fourth-order valence-corrected chi connectivity index (χ4v) is 3.52. The molecule has 146 valence electrons. The van der Waals surface area contributed by atoms with Crippen LogP contribution in [0.4, 0.5) is 11.4 Å². The summed E-state index contributed by atoms with van der Waals surface area (Å²) >= 11 is 6.37. The van der Waals surface area contributed by atoms with Crippen LogP contribution in [0.25, 0.3) is 0 Å². The Balaban J connectivity index is 1.95. The van der Waals surface area contributed by atoms with Gasteiger partial charge in [-0.2, -0.15) is 0 Å². The highest BCUT2D eigenvalue weighted by molar-refractivity contribution is 6.37.